The van der Waals surface area contributed by atoms with Crippen molar-refractivity contribution in [3.05, 3.63) is 47.5 Å². The van der Waals surface area contributed by atoms with E-state index in [4.69, 9.17) is 34.6 Å². The van der Waals surface area contributed by atoms with Gasteiger partial charge in [0.1, 0.15) is 18.0 Å². The van der Waals surface area contributed by atoms with Gasteiger partial charge in [-0.25, -0.2) is 24.3 Å². The lowest BCUT2D eigenvalue weighted by Crippen LogP contribution is -2.44. The maximum atomic E-state index is 13.4. The number of hydrogen-bond donors (Lipinski definition) is 3. The van der Waals surface area contributed by atoms with E-state index in [1.807, 2.05) is 6.92 Å². The van der Waals surface area contributed by atoms with Crippen molar-refractivity contribution in [1.29, 1.82) is 0 Å². The van der Waals surface area contributed by atoms with Gasteiger partial charge in [0.25, 0.3) is 0 Å². The monoisotopic (exact) mass is 611 g/mol. The highest BCUT2D eigenvalue weighted by Gasteiger charge is 2.57. The van der Waals surface area contributed by atoms with Crippen LogP contribution in [0.15, 0.2) is 36.9 Å². The number of carbonyl (C=O) groups excluding carboxylic acids is 1. The first kappa shape index (κ1) is 29.8. The second kappa shape index (κ2) is 12.3. The molecule has 222 valence electrons. The van der Waals surface area contributed by atoms with Crippen LogP contribution in [0, 0.1) is 0 Å². The molecule has 2 aliphatic heterocycles. The number of phosphoric ester groups is 1. The average Bonchev–Trinajstić information content (AvgIpc) is 3.46. The van der Waals surface area contributed by atoms with E-state index in [0.29, 0.717) is 17.0 Å². The topological polar surface area (TPSA) is 176 Å². The van der Waals surface area contributed by atoms with Gasteiger partial charge in [0.15, 0.2) is 23.2 Å². The van der Waals surface area contributed by atoms with Gasteiger partial charge in [0.2, 0.25) is 6.29 Å². The standard InChI is InChI=1S/C25H31ClN5O9P/c1-3-4-5-10-36-24(33)30-20-18-21(28-13-27-20)31(14-29-18)23-25(2,34)19(32)22(38-23)40-41(35)37-11-9-17(39-41)15-7-6-8-16(26)12-15/h6-8,12-14,17,19,22-23,32,34H,3-5,9-11H2,1-2H3,(H,27,28,30,33)/t17?,19-,22?,23-,25-,41+/m1/s1. The SMILES string of the molecule is CCCCCOC(=O)Nc1ncnc2c1ncn2[C@@H]1OC(O[P@@]2(=O)OCCC(c3cccc(Cl)c3)O2)[C@@H](O)[C@@]1(C)O. The molecule has 16 heteroatoms. The number of aliphatic hydroxyl groups is 2. The minimum absolute atomic E-state index is 0.0526. The second-order valence-electron chi connectivity index (χ2n) is 9.87. The fourth-order valence-corrected chi connectivity index (χ4v) is 6.24. The molecular weight excluding hydrogens is 581 g/mol. The Bertz CT molecular complexity index is 1440. The lowest BCUT2D eigenvalue weighted by molar-refractivity contribution is -0.145. The van der Waals surface area contributed by atoms with Crippen molar-refractivity contribution in [1.82, 2.24) is 19.5 Å². The summed E-state index contributed by atoms with van der Waals surface area (Å²) in [5, 5.41) is 25.2. The Morgan fingerprint density at radius 3 is 2.93 bits per heavy atom. The number of anilines is 1. The third kappa shape index (κ3) is 6.40. The van der Waals surface area contributed by atoms with Crippen molar-refractivity contribution in [3.63, 3.8) is 0 Å². The van der Waals surface area contributed by atoms with E-state index in [0.717, 1.165) is 19.3 Å². The number of benzene rings is 1. The number of unbranched alkanes of at least 4 members (excludes halogenated alkanes) is 2. The Hall–Kier alpha value is -2.68. The van der Waals surface area contributed by atoms with Crippen LogP contribution in [0.2, 0.25) is 5.02 Å². The number of phosphoric acid groups is 1. The molecule has 3 N–H and O–H groups in total. The van der Waals surface area contributed by atoms with Gasteiger partial charge < -0.3 is 19.7 Å². The van der Waals surface area contributed by atoms with Crippen molar-refractivity contribution in [2.75, 3.05) is 18.5 Å². The second-order valence-corrected chi connectivity index (χ2v) is 11.9. The van der Waals surface area contributed by atoms with Crippen LogP contribution >= 0.6 is 19.4 Å². The number of halogens is 1. The van der Waals surface area contributed by atoms with Crippen molar-refractivity contribution in [2.24, 2.45) is 0 Å². The first-order valence-corrected chi connectivity index (χ1v) is 15.0. The maximum absolute atomic E-state index is 13.4. The van der Waals surface area contributed by atoms with Gasteiger partial charge in [0.05, 0.1) is 25.6 Å². The van der Waals surface area contributed by atoms with Crippen molar-refractivity contribution >= 4 is 42.5 Å². The van der Waals surface area contributed by atoms with E-state index in [2.05, 4.69) is 20.3 Å². The van der Waals surface area contributed by atoms with Gasteiger partial charge in [0, 0.05) is 11.4 Å². The predicted octanol–water partition coefficient (Wildman–Crippen LogP) is 4.49. The largest absolute Gasteiger partial charge is 0.477 e. The van der Waals surface area contributed by atoms with Crippen LogP contribution in [0.1, 0.15) is 57.4 Å². The molecule has 4 heterocycles. The van der Waals surface area contributed by atoms with E-state index < -0.39 is 44.2 Å². The predicted molar refractivity (Wildman–Crippen MR) is 145 cm³/mol. The number of nitrogens with one attached hydrogen (secondary N) is 1. The average molecular weight is 612 g/mol. The molecule has 6 atom stereocenters. The van der Waals surface area contributed by atoms with Crippen LogP contribution < -0.4 is 5.32 Å². The summed E-state index contributed by atoms with van der Waals surface area (Å²) < 4.78 is 42.3. The first-order chi connectivity index (χ1) is 19.6. The summed E-state index contributed by atoms with van der Waals surface area (Å²) in [6, 6.07) is 6.90. The molecule has 41 heavy (non-hydrogen) atoms. The van der Waals surface area contributed by atoms with Crippen LogP contribution in [0.3, 0.4) is 0 Å². The normalized spacial score (nSPS) is 30.0. The zero-order valence-electron chi connectivity index (χ0n) is 22.4. The van der Waals surface area contributed by atoms with Crippen LogP contribution in [0.5, 0.6) is 0 Å². The maximum Gasteiger partial charge on any atom is 0.477 e. The highest BCUT2D eigenvalue weighted by Crippen LogP contribution is 2.59. The molecular formula is C25H31ClN5O9P. The summed E-state index contributed by atoms with van der Waals surface area (Å²) in [5.74, 6) is 0.0840. The molecule has 1 amide bonds. The van der Waals surface area contributed by atoms with Crippen molar-refractivity contribution < 1.29 is 42.6 Å². The third-order valence-electron chi connectivity index (χ3n) is 6.77. The van der Waals surface area contributed by atoms with Crippen LogP contribution in [0.4, 0.5) is 10.6 Å². The summed E-state index contributed by atoms with van der Waals surface area (Å²) in [6.07, 6.45) is -0.355. The lowest BCUT2D eigenvalue weighted by atomic mass is 9.99. The fraction of sp³-hybridized carbons (Fsp3) is 0.520. The van der Waals surface area contributed by atoms with E-state index in [9.17, 15) is 19.6 Å². The Balaban J connectivity index is 1.31. The number of aliphatic hydroxyl groups excluding tert-OH is 1. The van der Waals surface area contributed by atoms with Gasteiger partial charge in [-0.05, 0) is 31.0 Å². The number of hydrogen-bond acceptors (Lipinski definition) is 12. The molecule has 2 fully saturated rings. The number of ether oxygens (including phenoxy) is 2. The summed E-state index contributed by atoms with van der Waals surface area (Å²) in [4.78, 5) is 24.8. The van der Waals surface area contributed by atoms with E-state index in [1.165, 1.54) is 24.1 Å². The Kier molecular flexibility index (Phi) is 8.92. The number of nitrogens with zero attached hydrogens (tertiary/aromatic N) is 4. The quantitative estimate of drug-likeness (QED) is 0.229. The van der Waals surface area contributed by atoms with Crippen LogP contribution in [0.25, 0.3) is 11.2 Å². The molecule has 0 aliphatic carbocycles. The molecule has 3 aromatic rings. The number of rotatable bonds is 9. The number of amides is 1. The molecule has 0 spiro atoms. The first-order valence-electron chi connectivity index (χ1n) is 13.2. The van der Waals surface area contributed by atoms with Gasteiger partial charge >= 0.3 is 13.9 Å². The highest BCUT2D eigenvalue weighted by molar-refractivity contribution is 7.48. The van der Waals surface area contributed by atoms with Gasteiger partial charge in [-0.3, -0.25) is 23.5 Å². The molecule has 0 bridgehead atoms. The zero-order chi connectivity index (χ0) is 29.2. The third-order valence-corrected chi connectivity index (χ3v) is 8.48. The Morgan fingerprint density at radius 1 is 1.32 bits per heavy atom. The van der Waals surface area contributed by atoms with Crippen molar-refractivity contribution in [3.8, 4) is 0 Å². The summed E-state index contributed by atoms with van der Waals surface area (Å²) in [6.45, 7) is 3.68. The fourth-order valence-electron chi connectivity index (χ4n) is 4.58. The van der Waals surface area contributed by atoms with E-state index in [1.54, 1.807) is 24.3 Å². The van der Waals surface area contributed by atoms with E-state index >= 15 is 0 Å². The highest BCUT2D eigenvalue weighted by atomic mass is 35.5. The van der Waals surface area contributed by atoms with Gasteiger partial charge in [-0.15, -0.1) is 0 Å². The summed E-state index contributed by atoms with van der Waals surface area (Å²) >= 11 is 6.08. The van der Waals surface area contributed by atoms with Crippen LogP contribution in [-0.2, 0) is 27.6 Å². The number of aromatic nitrogens is 4. The summed E-state index contributed by atoms with van der Waals surface area (Å²) in [7, 11) is -4.23. The molecule has 2 aromatic heterocycles. The van der Waals surface area contributed by atoms with Crippen LogP contribution in [-0.4, -0.2) is 67.0 Å². The lowest BCUT2D eigenvalue weighted by Gasteiger charge is -2.31. The molecule has 2 saturated heterocycles. The van der Waals surface area contributed by atoms with Gasteiger partial charge in [-0.1, -0.05) is 43.5 Å². The molecule has 2 unspecified atom stereocenters. The van der Waals surface area contributed by atoms with E-state index in [-0.39, 0.29) is 30.2 Å². The molecule has 0 radical (unpaired) electrons. The molecule has 14 nitrogen and oxygen atoms in total. The van der Waals surface area contributed by atoms with Crippen molar-refractivity contribution in [2.45, 2.75) is 69.9 Å². The smallest absolute Gasteiger partial charge is 0.449 e. The Labute approximate surface area is 240 Å². The summed E-state index contributed by atoms with van der Waals surface area (Å²) in [5.41, 5.74) is -0.915. The number of carbonyl (C=O) groups is 1. The van der Waals surface area contributed by atoms with Gasteiger partial charge in [-0.2, -0.15) is 0 Å². The number of fused-ring (bicyclic) bond motifs is 1. The Morgan fingerprint density at radius 2 is 2.15 bits per heavy atom. The molecule has 5 rings (SSSR count). The molecule has 1 aromatic carbocycles. The molecule has 2 aliphatic rings. The zero-order valence-corrected chi connectivity index (χ0v) is 24.0. The molecule has 0 saturated carbocycles. The minimum Gasteiger partial charge on any atom is -0.449 e. The number of imidazole rings is 1. The minimum atomic E-state index is -4.23.